The molecule has 4 nitrogen and oxygen atoms in total. The standard InChI is InChI=1S/C5H8N4/c1-5(6)2-7-3-8-4-9-5/h2-4H,6H2,1H3. The predicted molar refractivity (Wildman–Crippen MR) is 38.1 cm³/mol. The van der Waals surface area contributed by atoms with Gasteiger partial charge >= 0.3 is 0 Å². The van der Waals surface area contributed by atoms with Crippen molar-refractivity contribution in [2.24, 2.45) is 20.7 Å². The molecular weight excluding hydrogens is 116 g/mol. The van der Waals surface area contributed by atoms with Gasteiger partial charge in [0.1, 0.15) is 18.3 Å². The summed E-state index contributed by atoms with van der Waals surface area (Å²) in [7, 11) is 0. The van der Waals surface area contributed by atoms with Crippen LogP contribution >= 0.6 is 0 Å². The molecule has 0 saturated carbocycles. The fourth-order valence-electron chi connectivity index (χ4n) is 0.444. The number of hydrogen-bond acceptors (Lipinski definition) is 4. The van der Waals surface area contributed by atoms with Gasteiger partial charge in [0.15, 0.2) is 0 Å². The van der Waals surface area contributed by atoms with Crippen molar-refractivity contribution < 1.29 is 0 Å². The van der Waals surface area contributed by atoms with Crippen LogP contribution in [0, 0.1) is 0 Å². The third kappa shape index (κ3) is 1.73. The topological polar surface area (TPSA) is 63.1 Å². The van der Waals surface area contributed by atoms with Crippen LogP contribution in [0.1, 0.15) is 6.92 Å². The van der Waals surface area contributed by atoms with E-state index in [1.807, 2.05) is 0 Å². The summed E-state index contributed by atoms with van der Waals surface area (Å²) in [6.07, 6.45) is 4.34. The first kappa shape index (κ1) is 6.10. The average molecular weight is 124 g/mol. The lowest BCUT2D eigenvalue weighted by atomic mass is 10.3. The van der Waals surface area contributed by atoms with Gasteiger partial charge in [0, 0.05) is 6.21 Å². The molecule has 2 N–H and O–H groups in total. The zero-order valence-corrected chi connectivity index (χ0v) is 5.15. The van der Waals surface area contributed by atoms with E-state index < -0.39 is 5.66 Å². The van der Waals surface area contributed by atoms with E-state index in [0.29, 0.717) is 0 Å². The number of nitrogens with zero attached hydrogens (tertiary/aromatic N) is 3. The second kappa shape index (κ2) is 2.06. The molecule has 4 heteroatoms. The van der Waals surface area contributed by atoms with Gasteiger partial charge in [-0.25, -0.2) is 15.0 Å². The van der Waals surface area contributed by atoms with Crippen LogP contribution in [0.2, 0.25) is 0 Å². The monoisotopic (exact) mass is 124 g/mol. The Kier molecular flexibility index (Phi) is 1.40. The van der Waals surface area contributed by atoms with Crippen molar-refractivity contribution in [2.45, 2.75) is 12.6 Å². The van der Waals surface area contributed by atoms with Crippen LogP contribution in [0.5, 0.6) is 0 Å². The van der Waals surface area contributed by atoms with Gasteiger partial charge in [0.2, 0.25) is 0 Å². The summed E-state index contributed by atoms with van der Waals surface area (Å²) in [6.45, 7) is 1.75. The molecule has 0 spiro atoms. The van der Waals surface area contributed by atoms with Crippen molar-refractivity contribution in [1.82, 2.24) is 0 Å². The molecular formula is C5H8N4. The quantitative estimate of drug-likeness (QED) is 0.477. The van der Waals surface area contributed by atoms with E-state index in [1.54, 1.807) is 13.1 Å². The van der Waals surface area contributed by atoms with Crippen LogP contribution in [0.3, 0.4) is 0 Å². The summed E-state index contributed by atoms with van der Waals surface area (Å²) >= 11 is 0. The average Bonchev–Trinajstić information content (AvgIpc) is 1.92. The number of rotatable bonds is 0. The first-order chi connectivity index (χ1) is 4.21. The van der Waals surface area contributed by atoms with Gasteiger partial charge in [-0.1, -0.05) is 0 Å². The molecule has 48 valence electrons. The van der Waals surface area contributed by atoms with Crippen molar-refractivity contribution in [1.29, 1.82) is 0 Å². The molecule has 1 aliphatic rings. The fraction of sp³-hybridized carbons (Fsp3) is 0.400. The molecule has 0 radical (unpaired) electrons. The van der Waals surface area contributed by atoms with Crippen molar-refractivity contribution in [3.05, 3.63) is 0 Å². The molecule has 0 aromatic rings. The molecule has 1 unspecified atom stereocenters. The van der Waals surface area contributed by atoms with Gasteiger partial charge in [-0.3, -0.25) is 0 Å². The lowest BCUT2D eigenvalue weighted by Crippen LogP contribution is -2.35. The Bertz CT molecular complexity index is 159. The van der Waals surface area contributed by atoms with Crippen molar-refractivity contribution in [3.63, 3.8) is 0 Å². The van der Waals surface area contributed by atoms with Crippen molar-refractivity contribution in [2.75, 3.05) is 0 Å². The highest BCUT2D eigenvalue weighted by Crippen LogP contribution is 1.96. The van der Waals surface area contributed by atoms with Crippen LogP contribution in [-0.2, 0) is 0 Å². The summed E-state index contributed by atoms with van der Waals surface area (Å²) in [5, 5.41) is 0. The molecule has 0 aromatic heterocycles. The van der Waals surface area contributed by atoms with Crippen LogP contribution < -0.4 is 5.73 Å². The van der Waals surface area contributed by atoms with Crippen LogP contribution in [-0.4, -0.2) is 24.6 Å². The molecule has 0 fully saturated rings. The van der Waals surface area contributed by atoms with E-state index in [-0.39, 0.29) is 0 Å². The molecule has 0 aromatic carbocycles. The Morgan fingerprint density at radius 3 is 2.89 bits per heavy atom. The molecule has 1 rings (SSSR count). The minimum atomic E-state index is -0.684. The van der Waals surface area contributed by atoms with E-state index in [0.717, 1.165) is 0 Å². The van der Waals surface area contributed by atoms with Gasteiger partial charge in [-0.15, -0.1) is 0 Å². The van der Waals surface area contributed by atoms with Gasteiger partial charge in [-0.2, -0.15) is 0 Å². The first-order valence-electron chi connectivity index (χ1n) is 2.59. The zero-order valence-electron chi connectivity index (χ0n) is 5.15. The third-order valence-corrected chi connectivity index (χ3v) is 0.872. The maximum Gasteiger partial charge on any atom is 0.142 e. The van der Waals surface area contributed by atoms with E-state index >= 15 is 0 Å². The van der Waals surface area contributed by atoms with E-state index in [4.69, 9.17) is 5.73 Å². The number of aliphatic imine (C=N–C) groups is 3. The van der Waals surface area contributed by atoms with E-state index in [2.05, 4.69) is 15.0 Å². The second-order valence-electron chi connectivity index (χ2n) is 2.01. The molecule has 0 saturated heterocycles. The van der Waals surface area contributed by atoms with Crippen LogP contribution in [0.4, 0.5) is 0 Å². The largest absolute Gasteiger partial charge is 0.303 e. The number of hydrogen-bond donors (Lipinski definition) is 1. The Morgan fingerprint density at radius 1 is 1.33 bits per heavy atom. The summed E-state index contributed by atoms with van der Waals surface area (Å²) in [6, 6.07) is 0. The van der Waals surface area contributed by atoms with Crippen LogP contribution in [0.15, 0.2) is 15.0 Å². The highest BCUT2D eigenvalue weighted by atomic mass is 15.1. The summed E-state index contributed by atoms with van der Waals surface area (Å²) < 4.78 is 0. The second-order valence-corrected chi connectivity index (χ2v) is 2.01. The van der Waals surface area contributed by atoms with Gasteiger partial charge in [-0.05, 0) is 6.92 Å². The fourth-order valence-corrected chi connectivity index (χ4v) is 0.444. The summed E-state index contributed by atoms with van der Waals surface area (Å²) in [4.78, 5) is 11.3. The SMILES string of the molecule is CC1(N)C=NC=NC=N1. The molecule has 0 bridgehead atoms. The van der Waals surface area contributed by atoms with Crippen LogP contribution in [0.25, 0.3) is 0 Å². The maximum absolute atomic E-state index is 5.55. The molecule has 0 amide bonds. The van der Waals surface area contributed by atoms with Crippen molar-refractivity contribution >= 4 is 18.9 Å². The third-order valence-electron chi connectivity index (χ3n) is 0.872. The van der Waals surface area contributed by atoms with E-state index in [1.165, 1.54) is 12.7 Å². The molecule has 1 heterocycles. The molecule has 9 heavy (non-hydrogen) atoms. The van der Waals surface area contributed by atoms with Gasteiger partial charge in [0.05, 0.1) is 0 Å². The minimum absolute atomic E-state index is 0.684. The highest BCUT2D eigenvalue weighted by Gasteiger charge is 2.11. The van der Waals surface area contributed by atoms with E-state index in [9.17, 15) is 0 Å². The van der Waals surface area contributed by atoms with Crippen molar-refractivity contribution in [3.8, 4) is 0 Å². The first-order valence-corrected chi connectivity index (χ1v) is 2.59. The maximum atomic E-state index is 5.55. The zero-order chi connectivity index (χ0) is 6.74. The van der Waals surface area contributed by atoms with Gasteiger partial charge in [0.25, 0.3) is 0 Å². The minimum Gasteiger partial charge on any atom is -0.303 e. The Morgan fingerprint density at radius 2 is 2.11 bits per heavy atom. The smallest absolute Gasteiger partial charge is 0.142 e. The Hall–Kier alpha value is -1.03. The highest BCUT2D eigenvalue weighted by molar-refractivity contribution is 5.85. The lowest BCUT2D eigenvalue weighted by molar-refractivity contribution is 0.683. The lowest BCUT2D eigenvalue weighted by Gasteiger charge is -2.09. The molecule has 0 aliphatic carbocycles. The normalized spacial score (nSPS) is 32.7. The summed E-state index contributed by atoms with van der Waals surface area (Å²) in [5.74, 6) is 0. The molecule has 1 atom stereocenters. The Labute approximate surface area is 53.2 Å². The molecule has 1 aliphatic heterocycles. The Balaban J connectivity index is 2.82. The van der Waals surface area contributed by atoms with Gasteiger partial charge < -0.3 is 5.73 Å². The number of nitrogens with two attached hydrogens (primary N) is 1. The summed E-state index contributed by atoms with van der Waals surface area (Å²) in [5.41, 5.74) is 4.87. The predicted octanol–water partition coefficient (Wildman–Crippen LogP) is -0.198.